The van der Waals surface area contributed by atoms with Gasteiger partial charge in [0.05, 0.1) is 12.6 Å². The quantitative estimate of drug-likeness (QED) is 0.787. The minimum absolute atomic E-state index is 0.126. The average molecular weight is 258 g/mol. The van der Waals surface area contributed by atoms with E-state index in [0.717, 1.165) is 12.5 Å². The van der Waals surface area contributed by atoms with Crippen LogP contribution in [0.4, 0.5) is 0 Å². The van der Waals surface area contributed by atoms with Crippen LogP contribution in [0.25, 0.3) is 0 Å². The number of hydrogen-bond acceptors (Lipinski definition) is 2. The summed E-state index contributed by atoms with van der Waals surface area (Å²) in [6.45, 7) is 1.44. The zero-order chi connectivity index (χ0) is 13.1. The molecule has 19 heavy (non-hydrogen) atoms. The molecule has 2 fully saturated rings. The number of carbonyl (C=O) groups excluding carboxylic acids is 1. The first-order chi connectivity index (χ1) is 9.33. The van der Waals surface area contributed by atoms with E-state index in [2.05, 4.69) is 22.8 Å². The first-order valence-electron chi connectivity index (χ1n) is 7.38. The molecule has 2 N–H and O–H groups in total. The molecule has 0 aliphatic heterocycles. The van der Waals surface area contributed by atoms with Crippen molar-refractivity contribution in [1.29, 1.82) is 0 Å². The van der Waals surface area contributed by atoms with Crippen LogP contribution in [0.3, 0.4) is 0 Å². The summed E-state index contributed by atoms with van der Waals surface area (Å²) < 4.78 is 0. The van der Waals surface area contributed by atoms with Crippen LogP contribution in [0.2, 0.25) is 0 Å². The zero-order valence-corrected chi connectivity index (χ0v) is 11.3. The fourth-order valence-corrected chi connectivity index (χ4v) is 2.50. The maximum atomic E-state index is 12.0. The first kappa shape index (κ1) is 12.7. The maximum Gasteiger partial charge on any atom is 0.234 e. The molecule has 1 atom stereocenters. The standard InChI is InChI=1S/C16H22N2O/c19-15(11-17-10-12-6-7-12)18-16(14-8-9-14)13-4-2-1-3-5-13/h1-5,12,14,16-17H,6-11H2,(H,18,19). The lowest BCUT2D eigenvalue weighted by Crippen LogP contribution is -2.37. The second kappa shape index (κ2) is 5.74. The number of amides is 1. The number of carbonyl (C=O) groups is 1. The van der Waals surface area contributed by atoms with Gasteiger partial charge in [-0.1, -0.05) is 30.3 Å². The molecule has 1 aromatic carbocycles. The SMILES string of the molecule is O=C(CNCC1CC1)NC(c1ccccc1)C1CC1. The van der Waals surface area contributed by atoms with Crippen molar-refractivity contribution < 1.29 is 4.79 Å². The van der Waals surface area contributed by atoms with E-state index in [9.17, 15) is 4.79 Å². The molecule has 0 radical (unpaired) electrons. The zero-order valence-electron chi connectivity index (χ0n) is 11.3. The molecule has 1 unspecified atom stereocenters. The van der Waals surface area contributed by atoms with Gasteiger partial charge in [-0.3, -0.25) is 4.79 Å². The van der Waals surface area contributed by atoms with E-state index in [1.54, 1.807) is 0 Å². The Morgan fingerprint density at radius 1 is 1.16 bits per heavy atom. The Morgan fingerprint density at radius 3 is 2.53 bits per heavy atom. The molecule has 102 valence electrons. The summed E-state index contributed by atoms with van der Waals surface area (Å²) in [5.74, 6) is 1.58. The molecular formula is C16H22N2O. The summed E-state index contributed by atoms with van der Waals surface area (Å²) in [5.41, 5.74) is 1.24. The van der Waals surface area contributed by atoms with Crippen molar-refractivity contribution in [3.8, 4) is 0 Å². The molecule has 0 spiro atoms. The van der Waals surface area contributed by atoms with Crippen LogP contribution in [0.15, 0.2) is 30.3 Å². The minimum Gasteiger partial charge on any atom is -0.348 e. The Balaban J connectivity index is 1.51. The third-order valence-electron chi connectivity index (χ3n) is 3.98. The Bertz CT molecular complexity index is 424. The number of benzene rings is 1. The highest BCUT2D eigenvalue weighted by Gasteiger charge is 2.33. The molecule has 1 aromatic rings. The van der Waals surface area contributed by atoms with Gasteiger partial charge in [-0.25, -0.2) is 0 Å². The van der Waals surface area contributed by atoms with Crippen molar-refractivity contribution in [2.24, 2.45) is 11.8 Å². The fourth-order valence-electron chi connectivity index (χ4n) is 2.50. The Labute approximate surface area is 114 Å². The summed E-state index contributed by atoms with van der Waals surface area (Å²) in [7, 11) is 0. The van der Waals surface area contributed by atoms with E-state index >= 15 is 0 Å². The fraction of sp³-hybridized carbons (Fsp3) is 0.562. The molecule has 0 saturated heterocycles. The summed E-state index contributed by atoms with van der Waals surface area (Å²) in [6.07, 6.45) is 5.11. The third kappa shape index (κ3) is 3.80. The topological polar surface area (TPSA) is 41.1 Å². The summed E-state index contributed by atoms with van der Waals surface area (Å²) in [4.78, 5) is 12.0. The highest BCUT2D eigenvalue weighted by atomic mass is 16.2. The second-order valence-corrected chi connectivity index (χ2v) is 5.87. The first-order valence-corrected chi connectivity index (χ1v) is 7.38. The second-order valence-electron chi connectivity index (χ2n) is 5.87. The predicted octanol–water partition coefficient (Wildman–Crippen LogP) is 2.25. The Hall–Kier alpha value is -1.35. The van der Waals surface area contributed by atoms with E-state index in [4.69, 9.17) is 0 Å². The maximum absolute atomic E-state index is 12.0. The van der Waals surface area contributed by atoms with Gasteiger partial charge < -0.3 is 10.6 Å². The van der Waals surface area contributed by atoms with Crippen molar-refractivity contribution in [2.45, 2.75) is 31.7 Å². The molecule has 1 amide bonds. The number of nitrogens with one attached hydrogen (secondary N) is 2. The van der Waals surface area contributed by atoms with Gasteiger partial charge in [0.2, 0.25) is 5.91 Å². The van der Waals surface area contributed by atoms with Gasteiger partial charge in [-0.2, -0.15) is 0 Å². The van der Waals surface area contributed by atoms with Crippen LogP contribution >= 0.6 is 0 Å². The lowest BCUT2D eigenvalue weighted by atomic mass is 10.0. The summed E-state index contributed by atoms with van der Waals surface area (Å²) >= 11 is 0. The largest absolute Gasteiger partial charge is 0.348 e. The monoisotopic (exact) mass is 258 g/mol. The molecule has 3 rings (SSSR count). The van der Waals surface area contributed by atoms with Gasteiger partial charge in [-0.05, 0) is 49.6 Å². The molecule has 3 nitrogen and oxygen atoms in total. The molecule has 3 heteroatoms. The van der Waals surface area contributed by atoms with Crippen molar-refractivity contribution >= 4 is 5.91 Å². The van der Waals surface area contributed by atoms with Crippen LogP contribution in [-0.4, -0.2) is 19.0 Å². The molecule has 2 aliphatic carbocycles. The highest BCUT2D eigenvalue weighted by Crippen LogP contribution is 2.40. The van der Waals surface area contributed by atoms with E-state index in [-0.39, 0.29) is 11.9 Å². The molecule has 0 heterocycles. The van der Waals surface area contributed by atoms with Crippen LogP contribution in [0.5, 0.6) is 0 Å². The van der Waals surface area contributed by atoms with E-state index in [1.807, 2.05) is 18.2 Å². The predicted molar refractivity (Wildman–Crippen MR) is 75.6 cm³/mol. The average Bonchev–Trinajstić information content (AvgIpc) is 3.29. The van der Waals surface area contributed by atoms with Crippen LogP contribution in [0.1, 0.15) is 37.3 Å². The van der Waals surface area contributed by atoms with Crippen LogP contribution in [0, 0.1) is 11.8 Å². The van der Waals surface area contributed by atoms with Gasteiger partial charge in [-0.15, -0.1) is 0 Å². The molecule has 2 aliphatic rings. The summed E-state index contributed by atoms with van der Waals surface area (Å²) in [5, 5.41) is 6.44. The Morgan fingerprint density at radius 2 is 1.89 bits per heavy atom. The van der Waals surface area contributed by atoms with E-state index < -0.39 is 0 Å². The van der Waals surface area contributed by atoms with Gasteiger partial charge >= 0.3 is 0 Å². The van der Waals surface area contributed by atoms with Crippen molar-refractivity contribution in [2.75, 3.05) is 13.1 Å². The highest BCUT2D eigenvalue weighted by molar-refractivity contribution is 5.78. The normalized spacial score (nSPS) is 20.0. The van der Waals surface area contributed by atoms with E-state index in [1.165, 1.54) is 31.2 Å². The van der Waals surface area contributed by atoms with Crippen LogP contribution in [-0.2, 0) is 4.79 Å². The molecule has 0 bridgehead atoms. The van der Waals surface area contributed by atoms with Crippen molar-refractivity contribution in [3.05, 3.63) is 35.9 Å². The van der Waals surface area contributed by atoms with Crippen molar-refractivity contribution in [1.82, 2.24) is 10.6 Å². The smallest absolute Gasteiger partial charge is 0.234 e. The number of hydrogen-bond donors (Lipinski definition) is 2. The van der Waals surface area contributed by atoms with Gasteiger partial charge in [0.1, 0.15) is 0 Å². The molecular weight excluding hydrogens is 236 g/mol. The van der Waals surface area contributed by atoms with Gasteiger partial charge in [0.25, 0.3) is 0 Å². The Kier molecular flexibility index (Phi) is 3.83. The molecule has 0 aromatic heterocycles. The van der Waals surface area contributed by atoms with Gasteiger partial charge in [0.15, 0.2) is 0 Å². The molecule has 2 saturated carbocycles. The lowest BCUT2D eigenvalue weighted by molar-refractivity contribution is -0.121. The van der Waals surface area contributed by atoms with Gasteiger partial charge in [0, 0.05) is 0 Å². The van der Waals surface area contributed by atoms with Crippen LogP contribution < -0.4 is 10.6 Å². The summed E-state index contributed by atoms with van der Waals surface area (Å²) in [6, 6.07) is 10.5. The third-order valence-corrected chi connectivity index (χ3v) is 3.98. The van der Waals surface area contributed by atoms with E-state index in [0.29, 0.717) is 12.5 Å². The lowest BCUT2D eigenvalue weighted by Gasteiger charge is -2.19. The van der Waals surface area contributed by atoms with Crippen molar-refractivity contribution in [3.63, 3.8) is 0 Å². The minimum atomic E-state index is 0.126. The number of rotatable bonds is 7.